The Morgan fingerprint density at radius 3 is 2.69 bits per heavy atom. The van der Waals surface area contributed by atoms with Gasteiger partial charge in [0.05, 0.1) is 11.3 Å². The molecule has 1 aliphatic carbocycles. The minimum atomic E-state index is -0.403. The Morgan fingerprint density at radius 1 is 1.23 bits per heavy atom. The molecule has 2 aromatic rings. The Labute approximate surface area is 153 Å². The third-order valence-electron chi connectivity index (χ3n) is 5.01. The predicted octanol–water partition coefficient (Wildman–Crippen LogP) is 4.50. The van der Waals surface area contributed by atoms with Crippen LogP contribution < -0.4 is 10.1 Å². The van der Waals surface area contributed by atoms with Crippen LogP contribution in [-0.4, -0.2) is 16.9 Å². The summed E-state index contributed by atoms with van der Waals surface area (Å²) < 4.78 is 19.0. The third-order valence-corrected chi connectivity index (χ3v) is 5.01. The second-order valence-electron chi connectivity index (χ2n) is 6.92. The molecule has 0 saturated heterocycles. The number of ether oxygens (including phenoxy) is 1. The molecule has 1 atom stereocenters. The zero-order valence-corrected chi connectivity index (χ0v) is 15.1. The van der Waals surface area contributed by atoms with Crippen molar-refractivity contribution in [2.45, 2.75) is 51.7 Å². The fraction of sp³-hybridized carbons (Fsp3) is 0.429. The van der Waals surface area contributed by atoms with Gasteiger partial charge in [-0.25, -0.2) is 4.39 Å². The maximum Gasteiger partial charge on any atom is 0.253 e. The monoisotopic (exact) mass is 356 g/mol. The summed E-state index contributed by atoms with van der Waals surface area (Å²) in [4.78, 5) is 16.7. The Kier molecular flexibility index (Phi) is 6.21. The van der Waals surface area contributed by atoms with Crippen LogP contribution in [0, 0.1) is 11.7 Å². The highest BCUT2D eigenvalue weighted by Crippen LogP contribution is 2.26. The number of nitrogens with zero attached hydrogens (tertiary/aromatic N) is 1. The van der Waals surface area contributed by atoms with Gasteiger partial charge in [0.1, 0.15) is 6.61 Å². The normalized spacial score (nSPS) is 16.1. The number of hydrogen-bond donors (Lipinski definition) is 1. The highest BCUT2D eigenvalue weighted by Gasteiger charge is 2.21. The van der Waals surface area contributed by atoms with Gasteiger partial charge in [0.15, 0.2) is 11.6 Å². The van der Waals surface area contributed by atoms with Crippen molar-refractivity contribution in [2.24, 2.45) is 5.92 Å². The van der Waals surface area contributed by atoms with Crippen molar-refractivity contribution in [3.05, 3.63) is 59.7 Å². The summed E-state index contributed by atoms with van der Waals surface area (Å²) >= 11 is 0. The fourth-order valence-corrected chi connectivity index (χ4v) is 3.40. The quantitative estimate of drug-likeness (QED) is 0.829. The van der Waals surface area contributed by atoms with Crippen molar-refractivity contribution in [3.8, 4) is 5.75 Å². The standard InChI is InChI=1S/C21H25FN2O2/c1-15(16-7-3-2-4-8-16)24-21(25)17-11-12-18(23-13-17)14-26-20-10-6-5-9-19(20)22/h5-6,9-13,15-16H,2-4,7-8,14H2,1H3,(H,24,25)/t15-/m1/s1. The molecule has 1 heterocycles. The lowest BCUT2D eigenvalue weighted by atomic mass is 9.84. The molecule has 4 nitrogen and oxygen atoms in total. The van der Waals surface area contributed by atoms with Gasteiger partial charge < -0.3 is 10.1 Å². The van der Waals surface area contributed by atoms with Crippen LogP contribution in [0.3, 0.4) is 0 Å². The number of hydrogen-bond acceptors (Lipinski definition) is 3. The molecule has 5 heteroatoms. The molecule has 138 valence electrons. The third kappa shape index (κ3) is 4.81. The molecule has 0 unspecified atom stereocenters. The summed E-state index contributed by atoms with van der Waals surface area (Å²) in [6, 6.07) is 9.89. The first-order chi connectivity index (χ1) is 12.6. The summed E-state index contributed by atoms with van der Waals surface area (Å²) in [6.45, 7) is 2.24. The van der Waals surface area contributed by atoms with Crippen molar-refractivity contribution < 1.29 is 13.9 Å². The van der Waals surface area contributed by atoms with E-state index in [2.05, 4.69) is 17.2 Å². The molecule has 0 spiro atoms. The summed E-state index contributed by atoms with van der Waals surface area (Å²) in [6.07, 6.45) is 7.73. The number of carbonyl (C=O) groups excluding carboxylic acids is 1. The van der Waals surface area contributed by atoms with E-state index in [0.29, 0.717) is 17.2 Å². The molecule has 0 bridgehead atoms. The zero-order chi connectivity index (χ0) is 18.4. The first kappa shape index (κ1) is 18.4. The maximum atomic E-state index is 13.5. The van der Waals surface area contributed by atoms with Gasteiger partial charge >= 0.3 is 0 Å². The van der Waals surface area contributed by atoms with Crippen LogP contribution in [0.4, 0.5) is 4.39 Å². The van der Waals surface area contributed by atoms with Crippen LogP contribution in [0.1, 0.15) is 55.1 Å². The van der Waals surface area contributed by atoms with Gasteiger partial charge in [-0.05, 0) is 49.9 Å². The number of rotatable bonds is 6. The Bertz CT molecular complexity index is 727. The Balaban J connectivity index is 1.53. The molecule has 0 radical (unpaired) electrons. The van der Waals surface area contributed by atoms with E-state index in [1.165, 1.54) is 38.2 Å². The predicted molar refractivity (Wildman–Crippen MR) is 98.5 cm³/mol. The minimum absolute atomic E-state index is 0.0999. The number of amides is 1. The largest absolute Gasteiger partial charge is 0.484 e. The SMILES string of the molecule is C[C@@H](NC(=O)c1ccc(COc2ccccc2F)nc1)C1CCCCC1. The second-order valence-corrected chi connectivity index (χ2v) is 6.92. The van der Waals surface area contributed by atoms with Crippen LogP contribution in [0.15, 0.2) is 42.6 Å². The van der Waals surface area contributed by atoms with Gasteiger partial charge in [-0.2, -0.15) is 0 Å². The fourth-order valence-electron chi connectivity index (χ4n) is 3.40. The Hall–Kier alpha value is -2.43. The number of para-hydroxylation sites is 1. The number of carbonyl (C=O) groups is 1. The van der Waals surface area contributed by atoms with Gasteiger partial charge in [0.2, 0.25) is 0 Å². The zero-order valence-electron chi connectivity index (χ0n) is 15.1. The average Bonchev–Trinajstić information content (AvgIpc) is 2.68. The number of benzene rings is 1. The second kappa shape index (κ2) is 8.79. The molecule has 3 rings (SSSR count). The van der Waals surface area contributed by atoms with E-state index in [4.69, 9.17) is 4.74 Å². The number of aromatic nitrogens is 1. The van der Waals surface area contributed by atoms with Crippen LogP contribution in [0.5, 0.6) is 5.75 Å². The van der Waals surface area contributed by atoms with Gasteiger partial charge in [0, 0.05) is 12.2 Å². The molecule has 1 saturated carbocycles. The molecule has 1 aromatic carbocycles. The van der Waals surface area contributed by atoms with E-state index in [9.17, 15) is 9.18 Å². The first-order valence-corrected chi connectivity index (χ1v) is 9.26. The van der Waals surface area contributed by atoms with E-state index in [1.807, 2.05) is 0 Å². The van der Waals surface area contributed by atoms with Gasteiger partial charge in [-0.1, -0.05) is 31.4 Å². The van der Waals surface area contributed by atoms with Crippen molar-refractivity contribution >= 4 is 5.91 Å². The van der Waals surface area contributed by atoms with E-state index in [1.54, 1.807) is 36.5 Å². The molecular formula is C21H25FN2O2. The van der Waals surface area contributed by atoms with E-state index in [-0.39, 0.29) is 24.3 Å². The smallest absolute Gasteiger partial charge is 0.253 e. The van der Waals surface area contributed by atoms with Crippen molar-refractivity contribution in [2.75, 3.05) is 0 Å². The molecular weight excluding hydrogens is 331 g/mol. The van der Waals surface area contributed by atoms with Crippen LogP contribution in [-0.2, 0) is 6.61 Å². The van der Waals surface area contributed by atoms with Gasteiger partial charge in [-0.3, -0.25) is 9.78 Å². The lowest BCUT2D eigenvalue weighted by molar-refractivity contribution is 0.0919. The molecule has 1 N–H and O–H groups in total. The van der Waals surface area contributed by atoms with Crippen molar-refractivity contribution in [1.82, 2.24) is 10.3 Å². The maximum absolute atomic E-state index is 13.5. The molecule has 1 fully saturated rings. The molecule has 1 amide bonds. The molecule has 0 aliphatic heterocycles. The first-order valence-electron chi connectivity index (χ1n) is 9.26. The number of halogens is 1. The summed E-state index contributed by atoms with van der Waals surface area (Å²) in [5.74, 6) is 0.254. The summed E-state index contributed by atoms with van der Waals surface area (Å²) in [7, 11) is 0. The molecule has 26 heavy (non-hydrogen) atoms. The lowest BCUT2D eigenvalue weighted by Crippen LogP contribution is -2.38. The summed E-state index contributed by atoms with van der Waals surface area (Å²) in [5.41, 5.74) is 1.17. The lowest BCUT2D eigenvalue weighted by Gasteiger charge is -2.28. The summed E-state index contributed by atoms with van der Waals surface area (Å²) in [5, 5.41) is 3.09. The topological polar surface area (TPSA) is 51.2 Å². The van der Waals surface area contributed by atoms with Gasteiger partial charge in [-0.15, -0.1) is 0 Å². The molecule has 1 aromatic heterocycles. The number of pyridine rings is 1. The van der Waals surface area contributed by atoms with Crippen LogP contribution in [0.2, 0.25) is 0 Å². The van der Waals surface area contributed by atoms with E-state index >= 15 is 0 Å². The van der Waals surface area contributed by atoms with Crippen molar-refractivity contribution in [3.63, 3.8) is 0 Å². The molecule has 1 aliphatic rings. The highest BCUT2D eigenvalue weighted by molar-refractivity contribution is 5.94. The highest BCUT2D eigenvalue weighted by atomic mass is 19.1. The van der Waals surface area contributed by atoms with Crippen LogP contribution >= 0.6 is 0 Å². The van der Waals surface area contributed by atoms with E-state index < -0.39 is 5.82 Å². The Morgan fingerprint density at radius 2 is 2.00 bits per heavy atom. The van der Waals surface area contributed by atoms with Crippen molar-refractivity contribution in [1.29, 1.82) is 0 Å². The minimum Gasteiger partial charge on any atom is -0.484 e. The number of nitrogens with one attached hydrogen (secondary N) is 1. The van der Waals surface area contributed by atoms with Gasteiger partial charge in [0.25, 0.3) is 5.91 Å². The average molecular weight is 356 g/mol. The van der Waals surface area contributed by atoms with E-state index in [0.717, 1.165) is 0 Å². The van der Waals surface area contributed by atoms with Crippen LogP contribution in [0.25, 0.3) is 0 Å².